The molecule has 0 aromatic carbocycles. The summed E-state index contributed by atoms with van der Waals surface area (Å²) in [5.41, 5.74) is 0.841. The van der Waals surface area contributed by atoms with Gasteiger partial charge in [-0.2, -0.15) is 0 Å². The number of sulfonamides is 1. The van der Waals surface area contributed by atoms with Gasteiger partial charge in [-0.05, 0) is 13.0 Å². The Morgan fingerprint density at radius 3 is 2.57 bits per heavy atom. The highest BCUT2D eigenvalue weighted by Gasteiger charge is 2.09. The highest BCUT2D eigenvalue weighted by molar-refractivity contribution is 7.89. The first-order valence-corrected chi connectivity index (χ1v) is 8.74. The number of hydrogen-bond acceptors (Lipinski definition) is 3. The molecule has 0 aliphatic carbocycles. The number of nitrogens with two attached hydrogens (primary N) is 1. The van der Waals surface area contributed by atoms with Crippen molar-refractivity contribution < 1.29 is 8.42 Å². The van der Waals surface area contributed by atoms with E-state index >= 15 is 0 Å². The van der Waals surface area contributed by atoms with E-state index in [0.717, 1.165) is 5.69 Å². The average Bonchev–Trinajstić information content (AvgIpc) is 2.62. The molecule has 0 fully saturated rings. The number of hydrogen-bond donors (Lipinski definition) is 3. The normalized spacial score (nSPS) is 12.5. The van der Waals surface area contributed by atoms with Crippen molar-refractivity contribution >= 4 is 39.2 Å². The molecule has 0 aliphatic heterocycles. The summed E-state index contributed by atoms with van der Waals surface area (Å²) >= 11 is 11.9. The highest BCUT2D eigenvalue weighted by atomic mass is 35.5. The molecule has 0 amide bonds. The van der Waals surface area contributed by atoms with Crippen LogP contribution >= 0.6 is 23.2 Å². The lowest BCUT2D eigenvalue weighted by atomic mass is 10.4. The highest BCUT2D eigenvalue weighted by Crippen LogP contribution is 2.25. The van der Waals surface area contributed by atoms with Crippen molar-refractivity contribution in [3.8, 4) is 0 Å². The second-order valence-electron chi connectivity index (χ2n) is 4.32. The van der Waals surface area contributed by atoms with Gasteiger partial charge in [-0.1, -0.05) is 23.2 Å². The van der Waals surface area contributed by atoms with Gasteiger partial charge < -0.3 is 15.2 Å². The second-order valence-corrected chi connectivity index (χ2v) is 6.82. The van der Waals surface area contributed by atoms with Crippen LogP contribution < -0.4 is 15.8 Å². The number of aliphatic imine (C=N–C) groups is 1. The molecule has 0 spiro atoms. The Morgan fingerprint density at radius 1 is 1.43 bits per heavy atom. The van der Waals surface area contributed by atoms with Gasteiger partial charge in [0.2, 0.25) is 10.0 Å². The first-order valence-electron chi connectivity index (χ1n) is 6.27. The van der Waals surface area contributed by atoms with E-state index in [4.69, 9.17) is 28.3 Å². The van der Waals surface area contributed by atoms with Crippen molar-refractivity contribution in [1.82, 2.24) is 15.2 Å². The zero-order valence-electron chi connectivity index (χ0n) is 11.9. The van der Waals surface area contributed by atoms with Crippen LogP contribution in [-0.4, -0.2) is 37.8 Å². The topological polar surface area (TPSA) is 102 Å². The maximum atomic E-state index is 10.9. The molecule has 1 aromatic rings. The van der Waals surface area contributed by atoms with Crippen molar-refractivity contribution in [2.24, 2.45) is 17.2 Å². The molecule has 0 aliphatic rings. The minimum atomic E-state index is -3.50. The lowest BCUT2D eigenvalue weighted by molar-refractivity contribution is 0.596. The summed E-state index contributed by atoms with van der Waals surface area (Å²) in [7, 11) is -1.70. The van der Waals surface area contributed by atoms with Gasteiger partial charge in [0, 0.05) is 25.8 Å². The first kappa shape index (κ1) is 18.1. The smallest absolute Gasteiger partial charge is 0.210 e. The van der Waals surface area contributed by atoms with E-state index < -0.39 is 10.0 Å². The van der Waals surface area contributed by atoms with Gasteiger partial charge in [0.15, 0.2) is 5.96 Å². The van der Waals surface area contributed by atoms with Crippen LogP contribution in [0.1, 0.15) is 12.6 Å². The van der Waals surface area contributed by atoms with E-state index in [2.05, 4.69) is 15.6 Å². The van der Waals surface area contributed by atoms with Crippen molar-refractivity contribution in [3.05, 3.63) is 21.9 Å². The van der Waals surface area contributed by atoms with Crippen LogP contribution in [0.4, 0.5) is 0 Å². The maximum Gasteiger partial charge on any atom is 0.210 e. The fourth-order valence-electron chi connectivity index (χ4n) is 1.55. The van der Waals surface area contributed by atoms with E-state index in [1.807, 2.05) is 6.92 Å². The predicted octanol–water partition coefficient (Wildman–Crippen LogP) is 0.676. The monoisotopic (exact) mass is 355 g/mol. The summed E-state index contributed by atoms with van der Waals surface area (Å²) in [6, 6.07) is 1.74. The average molecular weight is 356 g/mol. The molecule has 10 heteroatoms. The summed E-state index contributed by atoms with van der Waals surface area (Å²) in [6.07, 6.45) is 0. The fourth-order valence-corrected chi connectivity index (χ4v) is 2.36. The lowest BCUT2D eigenvalue weighted by Crippen LogP contribution is -2.40. The Kier molecular flexibility index (Phi) is 6.79. The molecular weight excluding hydrogens is 337 g/mol. The fraction of sp³-hybridized carbons (Fsp3) is 0.545. The van der Waals surface area contributed by atoms with Gasteiger partial charge in [-0.25, -0.2) is 18.5 Å². The number of nitrogens with one attached hydrogen (secondary N) is 2. The molecule has 0 unspecified atom stereocenters. The molecule has 4 N–H and O–H groups in total. The molecule has 1 heterocycles. The lowest BCUT2D eigenvalue weighted by Gasteiger charge is -2.11. The third-order valence-corrected chi connectivity index (χ3v) is 4.25. The Labute approximate surface area is 134 Å². The maximum absolute atomic E-state index is 10.9. The van der Waals surface area contributed by atoms with Gasteiger partial charge >= 0.3 is 0 Å². The summed E-state index contributed by atoms with van der Waals surface area (Å²) in [5.74, 6) is 0.328. The van der Waals surface area contributed by atoms with Gasteiger partial charge in [0.05, 0.1) is 17.3 Å². The standard InChI is InChI=1S/C11H19Cl2N5O2S/c1-3-15-11(16-4-5-21(14,19)20)17-7-8-6-9(12)10(13)18(8)2/h6H,3-5,7H2,1-2H3,(H2,14,19,20)(H2,15,16,17). The van der Waals surface area contributed by atoms with Gasteiger partial charge in [0.1, 0.15) is 5.15 Å². The van der Waals surface area contributed by atoms with E-state index in [1.54, 1.807) is 17.7 Å². The van der Waals surface area contributed by atoms with Gasteiger partial charge in [-0.3, -0.25) is 0 Å². The molecule has 1 aromatic heterocycles. The molecular formula is C11H19Cl2N5O2S. The molecule has 0 saturated heterocycles. The van der Waals surface area contributed by atoms with Crippen LogP contribution in [0, 0.1) is 0 Å². The largest absolute Gasteiger partial charge is 0.357 e. The SMILES string of the molecule is CCNC(=NCc1cc(Cl)c(Cl)n1C)NCCS(N)(=O)=O. The Morgan fingerprint density at radius 2 is 2.10 bits per heavy atom. The molecule has 21 heavy (non-hydrogen) atoms. The zero-order valence-corrected chi connectivity index (χ0v) is 14.2. The number of nitrogens with zero attached hydrogens (tertiary/aromatic N) is 2. The summed E-state index contributed by atoms with van der Waals surface area (Å²) in [6.45, 7) is 3.09. The predicted molar refractivity (Wildman–Crippen MR) is 86.2 cm³/mol. The van der Waals surface area contributed by atoms with Crippen LogP contribution in [0.2, 0.25) is 10.2 Å². The van der Waals surface area contributed by atoms with E-state index in [9.17, 15) is 8.42 Å². The first-order chi connectivity index (χ1) is 9.74. The molecule has 0 bridgehead atoms. The van der Waals surface area contributed by atoms with Crippen LogP contribution in [0.25, 0.3) is 0 Å². The van der Waals surface area contributed by atoms with Crippen LogP contribution in [-0.2, 0) is 23.6 Å². The van der Waals surface area contributed by atoms with Crippen LogP contribution in [0.5, 0.6) is 0 Å². The van der Waals surface area contributed by atoms with Crippen LogP contribution in [0.15, 0.2) is 11.1 Å². The Hall–Kier alpha value is -0.960. The minimum absolute atomic E-state index is 0.167. The van der Waals surface area contributed by atoms with Gasteiger partial charge in [-0.15, -0.1) is 0 Å². The zero-order chi connectivity index (χ0) is 16.0. The summed E-state index contributed by atoms with van der Waals surface area (Å²) < 4.78 is 23.5. The van der Waals surface area contributed by atoms with Crippen molar-refractivity contribution in [3.63, 3.8) is 0 Å². The second kappa shape index (κ2) is 7.88. The Balaban J connectivity index is 2.69. The molecule has 0 saturated carbocycles. The quantitative estimate of drug-likeness (QED) is 0.515. The number of halogens is 2. The molecule has 1 rings (SSSR count). The minimum Gasteiger partial charge on any atom is -0.357 e. The molecule has 0 radical (unpaired) electrons. The summed E-state index contributed by atoms with van der Waals surface area (Å²) in [4.78, 5) is 4.34. The van der Waals surface area contributed by atoms with E-state index in [1.165, 1.54) is 0 Å². The third kappa shape index (κ3) is 6.13. The summed E-state index contributed by atoms with van der Waals surface area (Å²) in [5, 5.41) is 11.8. The molecule has 7 nitrogen and oxygen atoms in total. The van der Waals surface area contributed by atoms with E-state index in [-0.39, 0.29) is 12.3 Å². The van der Waals surface area contributed by atoms with Crippen molar-refractivity contribution in [2.45, 2.75) is 13.5 Å². The molecule has 0 atom stereocenters. The van der Waals surface area contributed by atoms with Crippen LogP contribution in [0.3, 0.4) is 0 Å². The number of rotatable bonds is 6. The van der Waals surface area contributed by atoms with Crippen molar-refractivity contribution in [1.29, 1.82) is 0 Å². The number of primary sulfonamides is 1. The van der Waals surface area contributed by atoms with Crippen molar-refractivity contribution in [2.75, 3.05) is 18.8 Å². The number of guanidine groups is 1. The third-order valence-electron chi connectivity index (χ3n) is 2.64. The Bertz CT molecular complexity index is 612. The molecule has 120 valence electrons. The number of aromatic nitrogens is 1. The van der Waals surface area contributed by atoms with Gasteiger partial charge in [0.25, 0.3) is 0 Å². The van der Waals surface area contributed by atoms with E-state index in [0.29, 0.717) is 29.2 Å².